The van der Waals surface area contributed by atoms with Crippen molar-refractivity contribution >= 4 is 5.91 Å². The minimum absolute atomic E-state index is 0.00629. The first kappa shape index (κ1) is 14.5. The molecule has 116 valence electrons. The first-order chi connectivity index (χ1) is 10.2. The monoisotopic (exact) mass is 291 g/mol. The Balaban J connectivity index is 1.51. The van der Waals surface area contributed by atoms with Gasteiger partial charge >= 0.3 is 0 Å². The molecule has 0 bridgehead atoms. The van der Waals surface area contributed by atoms with E-state index >= 15 is 0 Å². The maximum absolute atomic E-state index is 11.0. The third-order valence-corrected chi connectivity index (χ3v) is 4.38. The number of likely N-dealkylation sites (tertiary alicyclic amines) is 1. The van der Waals surface area contributed by atoms with E-state index in [-0.39, 0.29) is 5.91 Å². The zero-order valence-corrected chi connectivity index (χ0v) is 12.8. The number of amides is 1. The summed E-state index contributed by atoms with van der Waals surface area (Å²) < 4.78 is 2.09. The molecule has 0 atom stereocenters. The quantitative estimate of drug-likeness (QED) is 0.855. The summed E-state index contributed by atoms with van der Waals surface area (Å²) in [5.41, 5.74) is 2.23. The van der Waals surface area contributed by atoms with E-state index in [9.17, 15) is 4.79 Å². The predicted molar refractivity (Wildman–Crippen MR) is 80.7 cm³/mol. The molecule has 6 nitrogen and oxygen atoms in total. The Bertz CT molecular complexity index is 492. The lowest BCUT2D eigenvalue weighted by molar-refractivity contribution is -0.119. The molecule has 6 heteroatoms. The van der Waals surface area contributed by atoms with Crippen molar-refractivity contribution < 1.29 is 4.79 Å². The summed E-state index contributed by atoms with van der Waals surface area (Å²) in [6.07, 6.45) is 2.72. The smallest absolute Gasteiger partial charge is 0.217 e. The number of carbonyl (C=O) groups is 1. The molecule has 0 unspecified atom stereocenters. The van der Waals surface area contributed by atoms with Gasteiger partial charge in [-0.1, -0.05) is 0 Å². The normalized spacial score (nSPS) is 19.7. The summed E-state index contributed by atoms with van der Waals surface area (Å²) in [5.74, 6) is -0.00629. The van der Waals surface area contributed by atoms with Crippen LogP contribution in [0.4, 0.5) is 0 Å². The summed E-state index contributed by atoms with van der Waals surface area (Å²) in [6, 6.07) is 2.12. The van der Waals surface area contributed by atoms with E-state index in [0.717, 1.165) is 31.9 Å². The van der Waals surface area contributed by atoms with Gasteiger partial charge in [0.15, 0.2) is 0 Å². The van der Waals surface area contributed by atoms with E-state index in [4.69, 9.17) is 0 Å². The molecule has 21 heavy (non-hydrogen) atoms. The molecule has 3 heterocycles. The minimum atomic E-state index is -0.00629. The Morgan fingerprint density at radius 2 is 1.95 bits per heavy atom. The molecule has 1 saturated heterocycles. The lowest BCUT2D eigenvalue weighted by Crippen LogP contribution is -2.38. The van der Waals surface area contributed by atoms with E-state index < -0.39 is 0 Å². The molecule has 2 aliphatic rings. The molecule has 0 radical (unpaired) electrons. The van der Waals surface area contributed by atoms with Gasteiger partial charge in [-0.25, -0.2) is 0 Å². The van der Waals surface area contributed by atoms with Crippen molar-refractivity contribution in [2.75, 3.05) is 32.7 Å². The van der Waals surface area contributed by atoms with Crippen LogP contribution in [0, 0.1) is 0 Å². The molecular formula is C15H25N5O. The highest BCUT2D eigenvalue weighted by atomic mass is 16.1. The number of aromatic nitrogens is 2. The minimum Gasteiger partial charge on any atom is -0.351 e. The molecule has 1 amide bonds. The number of rotatable bonds is 5. The van der Waals surface area contributed by atoms with E-state index in [0.29, 0.717) is 6.54 Å². The highest BCUT2D eigenvalue weighted by Crippen LogP contribution is 2.14. The molecule has 3 rings (SSSR count). The van der Waals surface area contributed by atoms with Gasteiger partial charge in [0.1, 0.15) is 0 Å². The standard InChI is InChI=1S/C15H25N5O/c1-13(21)16-11-14-10-15-12-19(8-9-20(15)17-14)7-6-18-4-2-3-5-18/h10H,2-9,11-12H2,1H3,(H,16,21). The van der Waals surface area contributed by atoms with Gasteiger partial charge in [0.05, 0.1) is 24.5 Å². The van der Waals surface area contributed by atoms with Crippen molar-refractivity contribution in [3.63, 3.8) is 0 Å². The summed E-state index contributed by atoms with van der Waals surface area (Å²) in [7, 11) is 0. The van der Waals surface area contributed by atoms with Crippen LogP contribution < -0.4 is 5.32 Å². The number of carbonyl (C=O) groups excluding carboxylic acids is 1. The molecule has 0 spiro atoms. The zero-order chi connectivity index (χ0) is 14.7. The van der Waals surface area contributed by atoms with Crippen LogP contribution >= 0.6 is 0 Å². The van der Waals surface area contributed by atoms with E-state index in [2.05, 4.69) is 31.0 Å². The van der Waals surface area contributed by atoms with Crippen LogP contribution in [0.3, 0.4) is 0 Å². The Kier molecular flexibility index (Phi) is 4.55. The molecule has 0 saturated carbocycles. The Labute approximate surface area is 126 Å². The van der Waals surface area contributed by atoms with Gasteiger partial charge in [-0.3, -0.25) is 14.4 Å². The van der Waals surface area contributed by atoms with E-state index in [1.807, 2.05) is 0 Å². The topological polar surface area (TPSA) is 53.4 Å². The number of nitrogens with one attached hydrogen (secondary N) is 1. The fourth-order valence-electron chi connectivity index (χ4n) is 3.16. The predicted octanol–water partition coefficient (Wildman–Crippen LogP) is 0.431. The fourth-order valence-corrected chi connectivity index (χ4v) is 3.16. The molecule has 0 aliphatic carbocycles. The largest absolute Gasteiger partial charge is 0.351 e. The second-order valence-corrected chi connectivity index (χ2v) is 6.08. The van der Waals surface area contributed by atoms with E-state index in [1.54, 1.807) is 0 Å². The first-order valence-corrected chi connectivity index (χ1v) is 7.95. The summed E-state index contributed by atoms with van der Waals surface area (Å²) in [5, 5.41) is 7.37. The van der Waals surface area contributed by atoms with Crippen molar-refractivity contribution in [3.8, 4) is 0 Å². The van der Waals surface area contributed by atoms with Crippen LogP contribution in [0.2, 0.25) is 0 Å². The van der Waals surface area contributed by atoms with Crippen molar-refractivity contribution in [2.24, 2.45) is 0 Å². The second-order valence-electron chi connectivity index (χ2n) is 6.08. The summed E-state index contributed by atoms with van der Waals surface area (Å²) in [6.45, 7) is 9.94. The van der Waals surface area contributed by atoms with Crippen LogP contribution in [0.5, 0.6) is 0 Å². The van der Waals surface area contributed by atoms with Gasteiger partial charge in [0.25, 0.3) is 0 Å². The number of fused-ring (bicyclic) bond motifs is 1. The lowest BCUT2D eigenvalue weighted by atomic mass is 10.2. The van der Waals surface area contributed by atoms with Gasteiger partial charge in [0.2, 0.25) is 5.91 Å². The third-order valence-electron chi connectivity index (χ3n) is 4.38. The molecule has 2 aliphatic heterocycles. The van der Waals surface area contributed by atoms with Gasteiger partial charge in [0, 0.05) is 33.1 Å². The first-order valence-electron chi connectivity index (χ1n) is 7.95. The molecule has 1 fully saturated rings. The number of nitrogens with zero attached hydrogens (tertiary/aromatic N) is 4. The number of hydrogen-bond acceptors (Lipinski definition) is 4. The maximum atomic E-state index is 11.0. The van der Waals surface area contributed by atoms with Crippen LogP contribution in [0.1, 0.15) is 31.2 Å². The van der Waals surface area contributed by atoms with Crippen LogP contribution in [0.25, 0.3) is 0 Å². The highest BCUT2D eigenvalue weighted by molar-refractivity contribution is 5.72. The average molecular weight is 291 g/mol. The summed E-state index contributed by atoms with van der Waals surface area (Å²) in [4.78, 5) is 16.0. The molecule has 1 aromatic heterocycles. The van der Waals surface area contributed by atoms with Crippen LogP contribution in [0.15, 0.2) is 6.07 Å². The van der Waals surface area contributed by atoms with Crippen molar-refractivity contribution in [3.05, 3.63) is 17.5 Å². The summed E-state index contributed by atoms with van der Waals surface area (Å²) >= 11 is 0. The van der Waals surface area contributed by atoms with Gasteiger partial charge in [-0.2, -0.15) is 5.10 Å². The van der Waals surface area contributed by atoms with Gasteiger partial charge in [-0.05, 0) is 32.0 Å². The lowest BCUT2D eigenvalue weighted by Gasteiger charge is -2.29. The molecular weight excluding hydrogens is 266 g/mol. The van der Waals surface area contributed by atoms with Crippen LogP contribution in [-0.4, -0.2) is 58.2 Å². The third kappa shape index (κ3) is 3.83. The Morgan fingerprint density at radius 1 is 1.19 bits per heavy atom. The van der Waals surface area contributed by atoms with Crippen LogP contribution in [-0.2, 0) is 24.4 Å². The SMILES string of the molecule is CC(=O)NCc1cc2n(n1)CCN(CCN1CCCC1)C2. The Morgan fingerprint density at radius 3 is 2.71 bits per heavy atom. The van der Waals surface area contributed by atoms with Crippen molar-refractivity contribution in [1.82, 2.24) is 24.9 Å². The zero-order valence-electron chi connectivity index (χ0n) is 12.8. The molecule has 1 aromatic rings. The maximum Gasteiger partial charge on any atom is 0.217 e. The van der Waals surface area contributed by atoms with Crippen molar-refractivity contribution in [1.29, 1.82) is 0 Å². The van der Waals surface area contributed by atoms with Gasteiger partial charge < -0.3 is 10.2 Å². The van der Waals surface area contributed by atoms with Crippen molar-refractivity contribution in [2.45, 2.75) is 39.4 Å². The van der Waals surface area contributed by atoms with E-state index in [1.165, 1.54) is 45.1 Å². The highest BCUT2D eigenvalue weighted by Gasteiger charge is 2.19. The molecule has 0 aromatic carbocycles. The van der Waals surface area contributed by atoms with Gasteiger partial charge in [-0.15, -0.1) is 0 Å². The number of hydrogen-bond donors (Lipinski definition) is 1. The average Bonchev–Trinajstić information content (AvgIpc) is 3.11. The molecule has 1 N–H and O–H groups in total. The fraction of sp³-hybridized carbons (Fsp3) is 0.733. The Hall–Kier alpha value is -1.40. The second kappa shape index (κ2) is 6.58.